The Morgan fingerprint density at radius 3 is 1.90 bits per heavy atom. The first-order valence-corrected chi connectivity index (χ1v) is 10.6. The van der Waals surface area contributed by atoms with Crippen LogP contribution in [-0.2, 0) is 9.59 Å². The van der Waals surface area contributed by atoms with Crippen molar-refractivity contribution in [2.45, 2.75) is 32.7 Å². The van der Waals surface area contributed by atoms with Gasteiger partial charge < -0.3 is 15.1 Å². The van der Waals surface area contributed by atoms with Crippen molar-refractivity contribution in [3.05, 3.63) is 58.1 Å². The highest BCUT2D eigenvalue weighted by Crippen LogP contribution is 2.33. The summed E-state index contributed by atoms with van der Waals surface area (Å²) in [6, 6.07) is 10.4. The van der Waals surface area contributed by atoms with Gasteiger partial charge in [0.1, 0.15) is 0 Å². The molecule has 3 amide bonds. The molecule has 1 heterocycles. The first-order chi connectivity index (χ1) is 14.4. The number of carbonyl (C=O) groups excluding carboxylic acids is 3. The van der Waals surface area contributed by atoms with Crippen molar-refractivity contribution >= 4 is 52.3 Å². The normalized spacial score (nSPS) is 14.5. The molecule has 0 unspecified atom stereocenters. The van der Waals surface area contributed by atoms with Crippen molar-refractivity contribution in [2.75, 3.05) is 22.9 Å². The lowest BCUT2D eigenvalue weighted by atomic mass is 10.1. The van der Waals surface area contributed by atoms with Gasteiger partial charge in [0.15, 0.2) is 6.04 Å². The molecule has 0 radical (unpaired) electrons. The van der Waals surface area contributed by atoms with Gasteiger partial charge in [-0.05, 0) is 43.2 Å². The number of carbonyl (C=O) groups is 3. The predicted octanol–water partition coefficient (Wildman–Crippen LogP) is 4.29. The van der Waals surface area contributed by atoms with Gasteiger partial charge in [-0.3, -0.25) is 14.4 Å². The highest BCUT2D eigenvalue weighted by atomic mass is 35.5. The molecule has 0 atom stereocenters. The Morgan fingerprint density at radius 2 is 1.43 bits per heavy atom. The first kappa shape index (κ1) is 22.1. The van der Waals surface area contributed by atoms with Crippen molar-refractivity contribution in [3.63, 3.8) is 0 Å². The number of amides is 3. The summed E-state index contributed by atoms with van der Waals surface area (Å²) < 4.78 is 0. The van der Waals surface area contributed by atoms with Gasteiger partial charge in [0, 0.05) is 18.7 Å². The summed E-state index contributed by atoms with van der Waals surface area (Å²) in [4.78, 5) is 42.7. The molecule has 2 aromatic carbocycles. The second kappa shape index (κ2) is 9.49. The number of hydrogen-bond donors (Lipinski definition) is 1. The Kier molecular flexibility index (Phi) is 7.00. The van der Waals surface area contributed by atoms with Crippen LogP contribution in [0.5, 0.6) is 0 Å². The minimum absolute atomic E-state index is 0.218. The van der Waals surface area contributed by atoms with Gasteiger partial charge in [-0.25, -0.2) is 0 Å². The fourth-order valence-electron chi connectivity index (χ4n) is 3.46. The van der Waals surface area contributed by atoms with Gasteiger partial charge in [0.25, 0.3) is 17.7 Å². The molecule has 158 valence electrons. The van der Waals surface area contributed by atoms with E-state index >= 15 is 0 Å². The first-order valence-electron chi connectivity index (χ1n) is 9.86. The molecule has 0 aromatic heterocycles. The number of anilines is 2. The average Bonchev–Trinajstić information content (AvgIpc) is 2.81. The highest BCUT2D eigenvalue weighted by molar-refractivity contribution is 6.42. The minimum Gasteiger partial charge on any atom is -0.332 e. The van der Waals surface area contributed by atoms with Crippen LogP contribution in [0.25, 0.3) is 0 Å². The van der Waals surface area contributed by atoms with E-state index in [1.165, 1.54) is 18.2 Å². The smallest absolute Gasteiger partial charge is 0.259 e. The topological polar surface area (TPSA) is 69.7 Å². The van der Waals surface area contributed by atoms with E-state index in [0.717, 1.165) is 0 Å². The van der Waals surface area contributed by atoms with E-state index in [1.807, 2.05) is 38.1 Å². The second-order valence-electron chi connectivity index (χ2n) is 7.00. The summed E-state index contributed by atoms with van der Waals surface area (Å²) in [6.45, 7) is 4.77. The van der Waals surface area contributed by atoms with Gasteiger partial charge >= 0.3 is 0 Å². The molecule has 6 nitrogen and oxygen atoms in total. The lowest BCUT2D eigenvalue weighted by Crippen LogP contribution is -2.55. The van der Waals surface area contributed by atoms with E-state index < -0.39 is 23.8 Å². The van der Waals surface area contributed by atoms with Gasteiger partial charge in [-0.1, -0.05) is 49.2 Å². The average molecular weight is 448 g/mol. The molecular formula is C22H23Cl2N3O3. The predicted molar refractivity (Wildman–Crippen MR) is 119 cm³/mol. The summed E-state index contributed by atoms with van der Waals surface area (Å²) in [6.07, 6.45) is 1.41. The number of nitrogens with one attached hydrogen (secondary N) is 1. The van der Waals surface area contributed by atoms with Gasteiger partial charge in [0.2, 0.25) is 0 Å². The lowest BCUT2D eigenvalue weighted by Gasteiger charge is -2.24. The minimum atomic E-state index is -1.34. The molecule has 0 aliphatic carbocycles. The zero-order valence-corrected chi connectivity index (χ0v) is 18.3. The molecule has 30 heavy (non-hydrogen) atoms. The third-order valence-corrected chi connectivity index (χ3v) is 5.58. The standard InChI is InChI=1S/C22H23Cl2N3O3/c1-3-11-26-17-7-5-6-8-18(17)27(12-4-2)22(30)19(21(26)29)25-20(28)14-9-10-15(23)16(24)13-14/h5-10,13,19H,3-4,11-12H2,1-2H3,(H,25,28). The molecule has 0 saturated carbocycles. The van der Waals surface area contributed by atoms with Gasteiger partial charge in [-0.2, -0.15) is 0 Å². The molecule has 1 aliphatic rings. The zero-order chi connectivity index (χ0) is 21.8. The van der Waals surface area contributed by atoms with Gasteiger partial charge in [0.05, 0.1) is 21.4 Å². The molecule has 0 bridgehead atoms. The van der Waals surface area contributed by atoms with E-state index in [4.69, 9.17) is 23.2 Å². The molecule has 1 N–H and O–H groups in total. The van der Waals surface area contributed by atoms with Crippen molar-refractivity contribution in [3.8, 4) is 0 Å². The van der Waals surface area contributed by atoms with Crippen LogP contribution in [0.1, 0.15) is 37.0 Å². The Balaban J connectivity index is 2.01. The maximum atomic E-state index is 13.4. The third kappa shape index (κ3) is 4.30. The van der Waals surface area contributed by atoms with Crippen LogP contribution >= 0.6 is 23.2 Å². The van der Waals surface area contributed by atoms with Crippen LogP contribution in [-0.4, -0.2) is 36.9 Å². The molecule has 1 aliphatic heterocycles. The van der Waals surface area contributed by atoms with Crippen molar-refractivity contribution in [2.24, 2.45) is 0 Å². The van der Waals surface area contributed by atoms with Crippen LogP contribution < -0.4 is 15.1 Å². The maximum absolute atomic E-state index is 13.4. The van der Waals surface area contributed by atoms with E-state index in [0.29, 0.717) is 42.3 Å². The SMILES string of the molecule is CCCN1C(=O)C(NC(=O)c2ccc(Cl)c(Cl)c2)C(=O)N(CCC)c2ccccc21. The van der Waals surface area contributed by atoms with E-state index in [-0.39, 0.29) is 10.6 Å². The van der Waals surface area contributed by atoms with E-state index in [2.05, 4.69) is 5.32 Å². The Morgan fingerprint density at radius 1 is 0.900 bits per heavy atom. The van der Waals surface area contributed by atoms with Crippen LogP contribution in [0.2, 0.25) is 10.0 Å². The number of hydrogen-bond acceptors (Lipinski definition) is 3. The van der Waals surface area contributed by atoms with Crippen molar-refractivity contribution < 1.29 is 14.4 Å². The summed E-state index contributed by atoms with van der Waals surface area (Å²) in [5.74, 6) is -1.48. The summed E-state index contributed by atoms with van der Waals surface area (Å²) in [5, 5.41) is 3.14. The fourth-order valence-corrected chi connectivity index (χ4v) is 3.76. The molecule has 3 rings (SSSR count). The number of nitrogens with zero attached hydrogens (tertiary/aromatic N) is 2. The van der Waals surface area contributed by atoms with E-state index in [9.17, 15) is 14.4 Å². The molecule has 8 heteroatoms. The Hall–Kier alpha value is -2.57. The molecule has 0 fully saturated rings. The summed E-state index contributed by atoms with van der Waals surface area (Å²) in [7, 11) is 0. The summed E-state index contributed by atoms with van der Waals surface area (Å²) in [5.41, 5.74) is 1.55. The lowest BCUT2D eigenvalue weighted by molar-refractivity contribution is -0.129. The van der Waals surface area contributed by atoms with Gasteiger partial charge in [-0.15, -0.1) is 0 Å². The maximum Gasteiger partial charge on any atom is 0.259 e. The zero-order valence-electron chi connectivity index (χ0n) is 16.8. The number of rotatable bonds is 6. The summed E-state index contributed by atoms with van der Waals surface area (Å²) >= 11 is 11.9. The number of fused-ring (bicyclic) bond motifs is 1. The number of halogens is 2. The largest absolute Gasteiger partial charge is 0.332 e. The van der Waals surface area contributed by atoms with Crippen LogP contribution in [0, 0.1) is 0 Å². The molecule has 2 aromatic rings. The Labute approximate surface area is 185 Å². The molecule has 0 spiro atoms. The van der Waals surface area contributed by atoms with Crippen LogP contribution in [0.15, 0.2) is 42.5 Å². The number of benzene rings is 2. The quantitative estimate of drug-likeness (QED) is 0.671. The van der Waals surface area contributed by atoms with Crippen molar-refractivity contribution in [1.29, 1.82) is 0 Å². The van der Waals surface area contributed by atoms with E-state index in [1.54, 1.807) is 9.80 Å². The molecular weight excluding hydrogens is 425 g/mol. The van der Waals surface area contributed by atoms with Crippen LogP contribution in [0.4, 0.5) is 11.4 Å². The Bertz CT molecular complexity index is 935. The third-order valence-electron chi connectivity index (χ3n) is 4.84. The van der Waals surface area contributed by atoms with Crippen LogP contribution in [0.3, 0.4) is 0 Å². The molecule has 0 saturated heterocycles. The monoisotopic (exact) mass is 447 g/mol. The fraction of sp³-hybridized carbons (Fsp3) is 0.318. The van der Waals surface area contributed by atoms with Crippen molar-refractivity contribution in [1.82, 2.24) is 5.32 Å². The second-order valence-corrected chi connectivity index (χ2v) is 7.82. The highest BCUT2D eigenvalue weighted by Gasteiger charge is 2.40. The number of para-hydroxylation sites is 2.